The lowest BCUT2D eigenvalue weighted by atomic mass is 10.1. The van der Waals surface area contributed by atoms with Crippen molar-refractivity contribution in [3.8, 4) is 5.75 Å². The third-order valence-electron chi connectivity index (χ3n) is 4.19. The second kappa shape index (κ2) is 9.76. The van der Waals surface area contributed by atoms with Crippen LogP contribution in [0.5, 0.6) is 5.75 Å². The van der Waals surface area contributed by atoms with E-state index < -0.39 is 5.82 Å². The van der Waals surface area contributed by atoms with E-state index in [1.807, 2.05) is 37.3 Å². The van der Waals surface area contributed by atoms with Crippen LogP contribution in [0, 0.1) is 5.82 Å². The van der Waals surface area contributed by atoms with Crippen LogP contribution in [0.4, 0.5) is 4.39 Å². The molecule has 1 heterocycles. The summed E-state index contributed by atoms with van der Waals surface area (Å²) in [6, 6.07) is 13.6. The molecule has 1 atom stereocenters. The number of aromatic nitrogens is 3. The maximum Gasteiger partial charge on any atom is 0.230 e. The quantitative estimate of drug-likeness (QED) is 0.539. The van der Waals surface area contributed by atoms with Crippen LogP contribution in [0.25, 0.3) is 0 Å². The zero-order chi connectivity index (χ0) is 20.8. The topological polar surface area (TPSA) is 69.0 Å². The minimum absolute atomic E-state index is 0.0757. The molecule has 0 saturated heterocycles. The van der Waals surface area contributed by atoms with Gasteiger partial charge in [-0.15, -0.1) is 10.2 Å². The predicted octanol–water partition coefficient (Wildman–Crippen LogP) is 4.16. The Balaban J connectivity index is 1.52. The van der Waals surface area contributed by atoms with Crippen LogP contribution in [0.15, 0.2) is 53.7 Å². The molecule has 1 aromatic heterocycles. The summed E-state index contributed by atoms with van der Waals surface area (Å²) in [6.07, 6.45) is 0. The van der Waals surface area contributed by atoms with Gasteiger partial charge < -0.3 is 14.6 Å². The molecular weight excluding hydrogens is 415 g/mol. The minimum atomic E-state index is -0.431. The summed E-state index contributed by atoms with van der Waals surface area (Å²) in [5.41, 5.74) is 1.04. The van der Waals surface area contributed by atoms with Gasteiger partial charge in [-0.25, -0.2) is 4.39 Å². The van der Waals surface area contributed by atoms with Gasteiger partial charge >= 0.3 is 0 Å². The molecule has 3 aromatic rings. The first-order valence-electron chi connectivity index (χ1n) is 8.87. The summed E-state index contributed by atoms with van der Waals surface area (Å²) in [4.78, 5) is 12.2. The average Bonchev–Trinajstić information content (AvgIpc) is 3.06. The lowest BCUT2D eigenvalue weighted by Crippen LogP contribution is -2.28. The number of amides is 1. The fourth-order valence-electron chi connectivity index (χ4n) is 2.57. The Morgan fingerprint density at radius 1 is 1.28 bits per heavy atom. The largest absolute Gasteiger partial charge is 0.484 e. The number of benzene rings is 2. The summed E-state index contributed by atoms with van der Waals surface area (Å²) in [7, 11) is 1.79. The molecule has 6 nitrogen and oxygen atoms in total. The molecule has 29 heavy (non-hydrogen) atoms. The predicted molar refractivity (Wildman–Crippen MR) is 110 cm³/mol. The van der Waals surface area contributed by atoms with Crippen LogP contribution < -0.4 is 10.1 Å². The molecule has 1 unspecified atom stereocenters. The summed E-state index contributed by atoms with van der Waals surface area (Å²) in [5.74, 6) is 0.614. The number of carbonyl (C=O) groups excluding carboxylic acids is 1. The number of nitrogens with zero attached hydrogens (tertiary/aromatic N) is 3. The van der Waals surface area contributed by atoms with Crippen LogP contribution in [0.3, 0.4) is 0 Å². The van der Waals surface area contributed by atoms with E-state index in [0.29, 0.717) is 16.7 Å². The lowest BCUT2D eigenvalue weighted by molar-refractivity contribution is -0.119. The van der Waals surface area contributed by atoms with Crippen molar-refractivity contribution in [3.05, 3.63) is 70.8 Å². The monoisotopic (exact) mass is 434 g/mol. The van der Waals surface area contributed by atoms with Gasteiger partial charge in [0.25, 0.3) is 0 Å². The number of rotatable bonds is 8. The van der Waals surface area contributed by atoms with Crippen molar-refractivity contribution < 1.29 is 13.9 Å². The van der Waals surface area contributed by atoms with Crippen molar-refractivity contribution >= 4 is 29.3 Å². The number of hydrogen-bond acceptors (Lipinski definition) is 5. The maximum atomic E-state index is 13.1. The van der Waals surface area contributed by atoms with Crippen LogP contribution in [-0.2, 0) is 18.4 Å². The number of hydrogen-bond donors (Lipinski definition) is 1. The van der Waals surface area contributed by atoms with Crippen molar-refractivity contribution in [2.75, 3.05) is 5.75 Å². The molecule has 0 aliphatic carbocycles. The molecular formula is C20H20ClFN4O2S. The number of halogens is 2. The minimum Gasteiger partial charge on any atom is -0.484 e. The van der Waals surface area contributed by atoms with E-state index in [0.717, 1.165) is 5.56 Å². The fraction of sp³-hybridized carbons (Fsp3) is 0.250. The highest BCUT2D eigenvalue weighted by Crippen LogP contribution is 2.26. The molecule has 0 saturated carbocycles. The molecule has 2 aromatic carbocycles. The standard InChI is InChI=1S/C20H20ClFN4O2S/c1-13(14-6-4-3-5-7-14)23-19(27)12-29-20-25-24-18(26(20)2)11-28-17-9-8-15(22)10-16(17)21/h3-10,13H,11-12H2,1-2H3,(H,23,27). The number of ether oxygens (including phenoxy) is 1. The number of nitrogens with one attached hydrogen (secondary N) is 1. The Morgan fingerprint density at radius 3 is 2.76 bits per heavy atom. The summed E-state index contributed by atoms with van der Waals surface area (Å²) in [5, 5.41) is 11.9. The van der Waals surface area contributed by atoms with Crippen LogP contribution in [0.2, 0.25) is 5.02 Å². The average molecular weight is 435 g/mol. The highest BCUT2D eigenvalue weighted by molar-refractivity contribution is 7.99. The van der Waals surface area contributed by atoms with Crippen molar-refractivity contribution in [1.82, 2.24) is 20.1 Å². The fourth-order valence-corrected chi connectivity index (χ4v) is 3.53. The van der Waals surface area contributed by atoms with E-state index in [1.54, 1.807) is 11.6 Å². The first kappa shape index (κ1) is 21.1. The summed E-state index contributed by atoms with van der Waals surface area (Å²) in [6.45, 7) is 2.06. The first-order valence-corrected chi connectivity index (χ1v) is 10.2. The van der Waals surface area contributed by atoms with Crippen molar-refractivity contribution in [1.29, 1.82) is 0 Å². The Morgan fingerprint density at radius 2 is 2.03 bits per heavy atom. The highest BCUT2D eigenvalue weighted by atomic mass is 35.5. The molecule has 0 radical (unpaired) electrons. The van der Waals surface area contributed by atoms with E-state index in [1.165, 1.54) is 30.0 Å². The Hall–Kier alpha value is -2.58. The molecule has 0 aliphatic heterocycles. The van der Waals surface area contributed by atoms with Gasteiger partial charge in [0, 0.05) is 7.05 Å². The van der Waals surface area contributed by atoms with E-state index in [-0.39, 0.29) is 29.3 Å². The van der Waals surface area contributed by atoms with Crippen molar-refractivity contribution in [2.24, 2.45) is 7.05 Å². The van der Waals surface area contributed by atoms with Gasteiger partial charge in [0.15, 0.2) is 11.0 Å². The molecule has 152 valence electrons. The molecule has 0 fully saturated rings. The van der Waals surface area contributed by atoms with Gasteiger partial charge in [-0.05, 0) is 30.7 Å². The second-order valence-corrected chi connectivity index (χ2v) is 7.66. The first-order chi connectivity index (χ1) is 13.9. The maximum absolute atomic E-state index is 13.1. The van der Waals surface area contributed by atoms with E-state index >= 15 is 0 Å². The van der Waals surface area contributed by atoms with E-state index in [4.69, 9.17) is 16.3 Å². The van der Waals surface area contributed by atoms with Gasteiger partial charge in [-0.3, -0.25) is 4.79 Å². The Kier molecular flexibility index (Phi) is 7.11. The second-order valence-electron chi connectivity index (χ2n) is 6.31. The Labute approximate surface area is 177 Å². The third kappa shape index (κ3) is 5.71. The smallest absolute Gasteiger partial charge is 0.230 e. The van der Waals surface area contributed by atoms with Gasteiger partial charge in [0.1, 0.15) is 18.2 Å². The van der Waals surface area contributed by atoms with Gasteiger partial charge in [0.05, 0.1) is 16.8 Å². The number of thioether (sulfide) groups is 1. The summed E-state index contributed by atoms with van der Waals surface area (Å²) >= 11 is 7.24. The molecule has 1 N–H and O–H groups in total. The summed E-state index contributed by atoms with van der Waals surface area (Å²) < 4.78 is 20.4. The van der Waals surface area contributed by atoms with Crippen LogP contribution in [-0.4, -0.2) is 26.4 Å². The van der Waals surface area contributed by atoms with Crippen LogP contribution in [0.1, 0.15) is 24.4 Å². The van der Waals surface area contributed by atoms with Crippen molar-refractivity contribution in [2.45, 2.75) is 24.7 Å². The van der Waals surface area contributed by atoms with Crippen LogP contribution >= 0.6 is 23.4 Å². The molecule has 0 spiro atoms. The lowest BCUT2D eigenvalue weighted by Gasteiger charge is -2.14. The molecule has 0 aliphatic rings. The molecule has 3 rings (SSSR count). The van der Waals surface area contributed by atoms with E-state index in [2.05, 4.69) is 15.5 Å². The third-order valence-corrected chi connectivity index (χ3v) is 5.50. The van der Waals surface area contributed by atoms with Gasteiger partial charge in [0.2, 0.25) is 5.91 Å². The van der Waals surface area contributed by atoms with Gasteiger partial charge in [-0.2, -0.15) is 0 Å². The Bertz CT molecular complexity index is 984. The molecule has 9 heteroatoms. The molecule has 1 amide bonds. The molecule has 0 bridgehead atoms. The normalized spacial score (nSPS) is 11.9. The SMILES string of the molecule is CC(NC(=O)CSc1nnc(COc2ccc(F)cc2Cl)n1C)c1ccccc1. The van der Waals surface area contributed by atoms with E-state index in [9.17, 15) is 9.18 Å². The van der Waals surface area contributed by atoms with Crippen molar-refractivity contribution in [3.63, 3.8) is 0 Å². The zero-order valence-electron chi connectivity index (χ0n) is 15.9. The number of carbonyl (C=O) groups is 1. The highest BCUT2D eigenvalue weighted by Gasteiger charge is 2.14. The van der Waals surface area contributed by atoms with Gasteiger partial charge in [-0.1, -0.05) is 53.7 Å². The zero-order valence-corrected chi connectivity index (χ0v) is 17.5.